The zero-order valence-electron chi connectivity index (χ0n) is 26.4. The highest BCUT2D eigenvalue weighted by molar-refractivity contribution is 8.01. The number of aromatic nitrogens is 1. The Morgan fingerprint density at radius 3 is 2.49 bits per heavy atom. The number of carbonyl (C=O) groups excluding carboxylic acids is 3. The topological polar surface area (TPSA) is 85.9 Å². The van der Waals surface area contributed by atoms with E-state index in [0.717, 1.165) is 53.6 Å². The number of likely N-dealkylation sites (tertiary alicyclic amines) is 1. The summed E-state index contributed by atoms with van der Waals surface area (Å²) in [4.78, 5) is 50.8. The van der Waals surface area contributed by atoms with Gasteiger partial charge in [-0.15, -0.1) is 11.8 Å². The number of hydrogen-bond acceptors (Lipinski definition) is 5. The average Bonchev–Trinajstić information content (AvgIpc) is 3.24. The van der Waals surface area contributed by atoms with Crippen LogP contribution < -0.4 is 5.32 Å². The number of rotatable bonds is 7. The standard InChI is InChI=1S/C36H43N5O3S/c1-36(2,3)17-22-41-33(43)31(45-34(41)29-12-6-5-11-28(29)26-10-8-18-37-24-26)23-32(42)39-19-15-27(16-20-39)40-21-14-25-9-4-7-13-30(25)38-35(40)44/h4-13,18,24,27,31,34H,14-17,19-23H2,1-3H3,(H,38,44). The molecule has 6 rings (SSSR count). The predicted octanol–water partition coefficient (Wildman–Crippen LogP) is 6.60. The lowest BCUT2D eigenvalue weighted by Gasteiger charge is -2.38. The molecule has 1 aromatic heterocycles. The van der Waals surface area contributed by atoms with Crippen molar-refractivity contribution in [2.24, 2.45) is 5.41 Å². The van der Waals surface area contributed by atoms with E-state index in [0.29, 0.717) is 26.2 Å². The monoisotopic (exact) mass is 625 g/mol. The number of fused-ring (bicyclic) bond motifs is 1. The van der Waals surface area contributed by atoms with E-state index in [-0.39, 0.29) is 41.1 Å². The molecule has 2 aromatic carbocycles. The number of benzene rings is 2. The van der Waals surface area contributed by atoms with Crippen molar-refractivity contribution in [3.8, 4) is 11.1 Å². The van der Waals surface area contributed by atoms with Crippen molar-refractivity contribution in [1.29, 1.82) is 0 Å². The fourth-order valence-corrected chi connectivity index (χ4v) is 8.11. The second-order valence-electron chi connectivity index (χ2n) is 13.5. The van der Waals surface area contributed by atoms with Crippen LogP contribution in [-0.4, -0.2) is 75.0 Å². The minimum atomic E-state index is -0.433. The lowest BCUT2D eigenvalue weighted by atomic mass is 9.92. The number of hydrogen-bond donors (Lipinski definition) is 1. The summed E-state index contributed by atoms with van der Waals surface area (Å²) in [6.07, 6.45) is 6.96. The number of nitrogens with one attached hydrogen (secondary N) is 1. The molecule has 3 aliphatic heterocycles. The SMILES string of the molecule is CC(C)(C)CCN1C(=O)C(CC(=O)N2CCC(N3CCc4ccccc4NC3=O)CC2)SC1c1ccccc1-c1cccnc1. The first kappa shape index (κ1) is 31.1. The molecule has 236 valence electrons. The molecule has 0 aliphatic carbocycles. The summed E-state index contributed by atoms with van der Waals surface area (Å²) < 4.78 is 0. The van der Waals surface area contributed by atoms with E-state index < -0.39 is 5.25 Å². The van der Waals surface area contributed by atoms with Crippen LogP contribution in [0.5, 0.6) is 0 Å². The molecule has 0 spiro atoms. The van der Waals surface area contributed by atoms with E-state index in [2.05, 4.69) is 49.3 Å². The van der Waals surface area contributed by atoms with Crippen molar-refractivity contribution in [3.05, 3.63) is 84.2 Å². The second kappa shape index (κ2) is 13.3. The lowest BCUT2D eigenvalue weighted by Crippen LogP contribution is -2.50. The fourth-order valence-electron chi connectivity index (χ4n) is 6.60. The summed E-state index contributed by atoms with van der Waals surface area (Å²) in [6.45, 7) is 9.06. The van der Waals surface area contributed by atoms with Crippen LogP contribution in [0.15, 0.2) is 73.1 Å². The fraction of sp³-hybridized carbons (Fsp3) is 0.444. The number of amides is 4. The zero-order valence-corrected chi connectivity index (χ0v) is 27.3. The van der Waals surface area contributed by atoms with Crippen molar-refractivity contribution >= 4 is 35.3 Å². The molecule has 0 radical (unpaired) electrons. The molecular weight excluding hydrogens is 582 g/mol. The molecule has 4 amide bonds. The van der Waals surface area contributed by atoms with Crippen molar-refractivity contribution in [2.45, 2.75) is 69.5 Å². The largest absolute Gasteiger partial charge is 0.342 e. The van der Waals surface area contributed by atoms with Gasteiger partial charge in [0.05, 0.1) is 5.25 Å². The molecule has 8 nitrogen and oxygen atoms in total. The number of para-hydroxylation sites is 1. The first-order chi connectivity index (χ1) is 21.7. The van der Waals surface area contributed by atoms with Gasteiger partial charge in [-0.3, -0.25) is 14.6 Å². The number of piperidine rings is 1. The van der Waals surface area contributed by atoms with Gasteiger partial charge in [0.15, 0.2) is 0 Å². The van der Waals surface area contributed by atoms with Crippen molar-refractivity contribution in [2.75, 3.05) is 31.5 Å². The van der Waals surface area contributed by atoms with Crippen molar-refractivity contribution < 1.29 is 14.4 Å². The molecule has 2 atom stereocenters. The molecule has 0 saturated carbocycles. The normalized spacial score (nSPS) is 21.0. The van der Waals surface area contributed by atoms with Crippen LogP contribution in [-0.2, 0) is 16.0 Å². The third kappa shape index (κ3) is 7.03. The summed E-state index contributed by atoms with van der Waals surface area (Å²) in [5.41, 5.74) is 5.26. The third-order valence-corrected chi connectivity index (χ3v) is 10.7. The molecule has 2 unspecified atom stereocenters. The minimum Gasteiger partial charge on any atom is -0.342 e. The molecule has 3 aliphatic rings. The quantitative estimate of drug-likeness (QED) is 0.320. The predicted molar refractivity (Wildman–Crippen MR) is 180 cm³/mol. The Hall–Kier alpha value is -3.85. The summed E-state index contributed by atoms with van der Waals surface area (Å²) in [5.74, 6) is 0.0586. The molecular formula is C36H43N5O3S. The average molecular weight is 626 g/mol. The van der Waals surface area contributed by atoms with Gasteiger partial charge >= 0.3 is 6.03 Å². The number of pyridine rings is 1. The van der Waals surface area contributed by atoms with Crippen LogP contribution in [0.4, 0.5) is 10.5 Å². The highest BCUT2D eigenvalue weighted by atomic mass is 32.2. The molecule has 2 fully saturated rings. The third-order valence-electron chi connectivity index (χ3n) is 9.20. The van der Waals surface area contributed by atoms with E-state index in [9.17, 15) is 14.4 Å². The molecule has 3 aromatic rings. The summed E-state index contributed by atoms with van der Waals surface area (Å²) >= 11 is 1.60. The van der Waals surface area contributed by atoms with E-state index in [1.165, 1.54) is 0 Å². The van der Waals surface area contributed by atoms with Crippen LogP contribution in [0.1, 0.15) is 63.0 Å². The number of urea groups is 1. The molecule has 2 saturated heterocycles. The molecule has 9 heteroatoms. The van der Waals surface area contributed by atoms with E-state index in [1.54, 1.807) is 18.0 Å². The number of thioether (sulfide) groups is 1. The molecule has 45 heavy (non-hydrogen) atoms. The Kier molecular flexibility index (Phi) is 9.17. The first-order valence-corrected chi connectivity index (χ1v) is 17.0. The van der Waals surface area contributed by atoms with E-state index in [4.69, 9.17) is 0 Å². The maximum Gasteiger partial charge on any atom is 0.322 e. The van der Waals surface area contributed by atoms with Gasteiger partial charge in [0.25, 0.3) is 0 Å². The molecule has 0 bridgehead atoms. The van der Waals surface area contributed by atoms with Gasteiger partial charge in [-0.25, -0.2) is 4.79 Å². The Balaban J connectivity index is 1.12. The number of carbonyl (C=O) groups is 3. The maximum absolute atomic E-state index is 14.0. The van der Waals surface area contributed by atoms with E-state index in [1.807, 2.05) is 63.4 Å². The van der Waals surface area contributed by atoms with Crippen molar-refractivity contribution in [1.82, 2.24) is 19.7 Å². The number of nitrogens with zero attached hydrogens (tertiary/aromatic N) is 4. The molecule has 1 N–H and O–H groups in total. The Bertz CT molecular complexity index is 1530. The highest BCUT2D eigenvalue weighted by Crippen LogP contribution is 2.47. The van der Waals surface area contributed by atoms with Crippen LogP contribution >= 0.6 is 11.8 Å². The van der Waals surface area contributed by atoms with Crippen LogP contribution in [0.3, 0.4) is 0 Å². The van der Waals surface area contributed by atoms with Gasteiger partial charge in [-0.05, 0) is 59.9 Å². The Morgan fingerprint density at radius 2 is 1.73 bits per heavy atom. The maximum atomic E-state index is 14.0. The van der Waals surface area contributed by atoms with Gasteiger partial charge in [0.2, 0.25) is 11.8 Å². The van der Waals surface area contributed by atoms with Gasteiger partial charge in [0, 0.05) is 62.3 Å². The second-order valence-corrected chi connectivity index (χ2v) is 14.8. The summed E-state index contributed by atoms with van der Waals surface area (Å²) in [6, 6.07) is 20.2. The highest BCUT2D eigenvalue weighted by Gasteiger charge is 2.43. The van der Waals surface area contributed by atoms with Gasteiger partial charge in [0.1, 0.15) is 5.37 Å². The summed E-state index contributed by atoms with van der Waals surface area (Å²) in [7, 11) is 0. The van der Waals surface area contributed by atoms with Crippen LogP contribution in [0.2, 0.25) is 0 Å². The smallest absolute Gasteiger partial charge is 0.322 e. The van der Waals surface area contributed by atoms with E-state index >= 15 is 0 Å². The minimum absolute atomic E-state index is 0.0176. The van der Waals surface area contributed by atoms with Crippen LogP contribution in [0, 0.1) is 5.41 Å². The first-order valence-electron chi connectivity index (χ1n) is 16.1. The van der Waals surface area contributed by atoms with Gasteiger partial charge in [-0.1, -0.05) is 69.3 Å². The number of anilines is 1. The zero-order chi connectivity index (χ0) is 31.6. The lowest BCUT2D eigenvalue weighted by molar-refractivity contribution is -0.137. The van der Waals surface area contributed by atoms with Gasteiger partial charge in [-0.2, -0.15) is 0 Å². The van der Waals surface area contributed by atoms with Gasteiger partial charge < -0.3 is 20.0 Å². The van der Waals surface area contributed by atoms with Crippen LogP contribution in [0.25, 0.3) is 11.1 Å². The van der Waals surface area contributed by atoms with Crippen molar-refractivity contribution in [3.63, 3.8) is 0 Å². The summed E-state index contributed by atoms with van der Waals surface area (Å²) in [5, 5.41) is 2.46. The molecule has 4 heterocycles. The Morgan fingerprint density at radius 1 is 0.978 bits per heavy atom. The Labute approximate surface area is 270 Å².